The summed E-state index contributed by atoms with van der Waals surface area (Å²) in [5, 5.41) is 0. The minimum atomic E-state index is -0.536. The molecule has 0 aliphatic carbocycles. The van der Waals surface area contributed by atoms with Crippen LogP contribution in [0.15, 0.2) is 60.8 Å². The van der Waals surface area contributed by atoms with Crippen LogP contribution in [0, 0.1) is 5.92 Å². The molecule has 0 bridgehead atoms. The van der Waals surface area contributed by atoms with Gasteiger partial charge in [-0.1, -0.05) is 18.2 Å². The molecule has 2 atom stereocenters. The number of ether oxygens (including phenoxy) is 4. The Balaban J connectivity index is 1.50. The second-order valence-electron chi connectivity index (χ2n) is 10.0. The van der Waals surface area contributed by atoms with Crippen molar-refractivity contribution in [1.82, 2.24) is 9.88 Å². The van der Waals surface area contributed by atoms with E-state index >= 15 is 0 Å². The van der Waals surface area contributed by atoms with Crippen LogP contribution in [0.25, 0.3) is 0 Å². The second-order valence-corrected chi connectivity index (χ2v) is 10.0. The molecular weight excluding hydrogens is 524 g/mol. The van der Waals surface area contributed by atoms with E-state index in [-0.39, 0.29) is 18.2 Å². The summed E-state index contributed by atoms with van der Waals surface area (Å²) in [6, 6.07) is 16.4. The highest BCUT2D eigenvalue weighted by molar-refractivity contribution is 5.98. The zero-order chi connectivity index (χ0) is 28.9. The quantitative estimate of drug-likeness (QED) is 0.409. The van der Waals surface area contributed by atoms with Crippen LogP contribution in [0.5, 0.6) is 23.0 Å². The van der Waals surface area contributed by atoms with E-state index in [2.05, 4.69) is 9.88 Å². The molecule has 216 valence electrons. The Labute approximate surface area is 240 Å². The lowest BCUT2D eigenvalue weighted by Gasteiger charge is -2.44. The summed E-state index contributed by atoms with van der Waals surface area (Å²) in [4.78, 5) is 38.1. The third kappa shape index (κ3) is 5.59. The van der Waals surface area contributed by atoms with Crippen molar-refractivity contribution in [2.45, 2.75) is 18.9 Å². The summed E-state index contributed by atoms with van der Waals surface area (Å²) in [5.74, 6) is 2.42. The molecule has 2 aromatic carbocycles. The summed E-state index contributed by atoms with van der Waals surface area (Å²) in [6.45, 7) is 2.55. The van der Waals surface area contributed by atoms with Crippen molar-refractivity contribution < 1.29 is 28.5 Å². The fourth-order valence-electron chi connectivity index (χ4n) is 5.78. The standard InChI is InChI=1S/C31H36N4O6/c1-38-23-10-8-21(9-11-23)29-24(31(37)34-17-15-33(16-18-34)27-7-5-6-14-32-27)12-13-28(36)35(29)22-19-25(39-2)30(41-4)26(20-22)40-3/h5-11,14,19-20,24,29H,12-13,15-18H2,1-4H3/t24-,29-/m0/s1. The van der Waals surface area contributed by atoms with E-state index in [1.165, 1.54) is 21.3 Å². The van der Waals surface area contributed by atoms with Crippen LogP contribution in [0.4, 0.5) is 11.5 Å². The number of anilines is 2. The molecule has 1 aromatic heterocycles. The first kappa shape index (κ1) is 28.1. The number of benzene rings is 2. The Kier molecular flexibility index (Phi) is 8.47. The number of pyridine rings is 1. The smallest absolute Gasteiger partial charge is 0.228 e. The number of nitrogens with zero attached hydrogens (tertiary/aromatic N) is 4. The van der Waals surface area contributed by atoms with Crippen LogP contribution >= 0.6 is 0 Å². The molecule has 0 unspecified atom stereocenters. The third-order valence-electron chi connectivity index (χ3n) is 7.86. The van der Waals surface area contributed by atoms with Crippen LogP contribution in [-0.2, 0) is 9.59 Å². The Morgan fingerprint density at radius 3 is 2.10 bits per heavy atom. The average Bonchev–Trinajstić information content (AvgIpc) is 3.04. The number of hydrogen-bond donors (Lipinski definition) is 0. The first-order valence-electron chi connectivity index (χ1n) is 13.7. The van der Waals surface area contributed by atoms with Crippen molar-refractivity contribution >= 4 is 23.3 Å². The van der Waals surface area contributed by atoms with E-state index in [1.54, 1.807) is 30.3 Å². The van der Waals surface area contributed by atoms with E-state index in [9.17, 15) is 9.59 Å². The van der Waals surface area contributed by atoms with Crippen LogP contribution < -0.4 is 28.7 Å². The van der Waals surface area contributed by atoms with Gasteiger partial charge in [-0.25, -0.2) is 4.98 Å². The van der Waals surface area contributed by atoms with Crippen molar-refractivity contribution in [3.8, 4) is 23.0 Å². The number of carbonyl (C=O) groups is 2. The molecule has 2 aliphatic rings. The molecular formula is C31H36N4O6. The molecule has 3 heterocycles. The Bertz CT molecular complexity index is 1330. The minimum absolute atomic E-state index is 0.0384. The minimum Gasteiger partial charge on any atom is -0.497 e. The van der Waals surface area contributed by atoms with Gasteiger partial charge in [0.15, 0.2) is 11.5 Å². The van der Waals surface area contributed by atoms with Gasteiger partial charge in [-0.2, -0.15) is 0 Å². The molecule has 41 heavy (non-hydrogen) atoms. The predicted molar refractivity (Wildman–Crippen MR) is 155 cm³/mol. The van der Waals surface area contributed by atoms with E-state index < -0.39 is 12.0 Å². The summed E-state index contributed by atoms with van der Waals surface area (Å²) in [5.41, 5.74) is 1.42. The van der Waals surface area contributed by atoms with Gasteiger partial charge in [0.2, 0.25) is 17.6 Å². The topological polar surface area (TPSA) is 93.7 Å². The Morgan fingerprint density at radius 2 is 1.54 bits per heavy atom. The second kappa shape index (κ2) is 12.4. The van der Waals surface area contributed by atoms with Crippen LogP contribution in [0.3, 0.4) is 0 Å². The fraction of sp³-hybridized carbons (Fsp3) is 0.387. The summed E-state index contributed by atoms with van der Waals surface area (Å²) < 4.78 is 22.1. The van der Waals surface area contributed by atoms with Crippen molar-refractivity contribution in [1.29, 1.82) is 0 Å². The number of methoxy groups -OCH3 is 4. The maximum absolute atomic E-state index is 14.2. The lowest BCUT2D eigenvalue weighted by atomic mass is 9.82. The molecule has 0 radical (unpaired) electrons. The molecule has 0 saturated carbocycles. The summed E-state index contributed by atoms with van der Waals surface area (Å²) in [6.07, 6.45) is 2.48. The average molecular weight is 561 g/mol. The molecule has 10 nitrogen and oxygen atoms in total. The fourth-order valence-corrected chi connectivity index (χ4v) is 5.78. The predicted octanol–water partition coefficient (Wildman–Crippen LogP) is 3.95. The maximum Gasteiger partial charge on any atom is 0.228 e. The number of aromatic nitrogens is 1. The highest BCUT2D eigenvalue weighted by Crippen LogP contribution is 2.46. The van der Waals surface area contributed by atoms with Crippen molar-refractivity contribution in [3.05, 3.63) is 66.4 Å². The van der Waals surface area contributed by atoms with Gasteiger partial charge in [0.25, 0.3) is 0 Å². The third-order valence-corrected chi connectivity index (χ3v) is 7.86. The molecule has 3 aromatic rings. The first-order chi connectivity index (χ1) is 20.0. The summed E-state index contributed by atoms with van der Waals surface area (Å²) >= 11 is 0. The van der Waals surface area contributed by atoms with E-state index in [1.807, 2.05) is 47.4 Å². The van der Waals surface area contributed by atoms with Gasteiger partial charge in [-0.15, -0.1) is 0 Å². The molecule has 2 fully saturated rings. The lowest BCUT2D eigenvalue weighted by molar-refractivity contribution is -0.138. The monoisotopic (exact) mass is 560 g/mol. The Morgan fingerprint density at radius 1 is 0.854 bits per heavy atom. The normalized spacial score (nSPS) is 19.1. The highest BCUT2D eigenvalue weighted by Gasteiger charge is 2.44. The molecule has 2 amide bonds. The number of rotatable bonds is 8. The molecule has 2 saturated heterocycles. The van der Waals surface area contributed by atoms with Crippen molar-refractivity contribution in [2.75, 3.05) is 64.4 Å². The van der Waals surface area contributed by atoms with E-state index in [0.717, 1.165) is 11.4 Å². The first-order valence-corrected chi connectivity index (χ1v) is 13.7. The molecule has 0 spiro atoms. The summed E-state index contributed by atoms with van der Waals surface area (Å²) in [7, 11) is 6.22. The number of piperazine rings is 1. The molecule has 10 heteroatoms. The van der Waals surface area contributed by atoms with Gasteiger partial charge in [0.1, 0.15) is 11.6 Å². The van der Waals surface area contributed by atoms with Gasteiger partial charge in [-0.3, -0.25) is 9.59 Å². The zero-order valence-electron chi connectivity index (χ0n) is 23.9. The van der Waals surface area contributed by atoms with Gasteiger partial charge in [-0.05, 0) is 36.2 Å². The van der Waals surface area contributed by atoms with E-state index in [4.69, 9.17) is 18.9 Å². The van der Waals surface area contributed by atoms with E-state index in [0.29, 0.717) is 61.3 Å². The number of hydrogen-bond acceptors (Lipinski definition) is 8. The van der Waals surface area contributed by atoms with Gasteiger partial charge < -0.3 is 33.6 Å². The van der Waals surface area contributed by atoms with Gasteiger partial charge in [0, 0.05) is 50.9 Å². The van der Waals surface area contributed by atoms with Crippen molar-refractivity contribution in [3.63, 3.8) is 0 Å². The highest BCUT2D eigenvalue weighted by atomic mass is 16.5. The zero-order valence-corrected chi connectivity index (χ0v) is 23.9. The van der Waals surface area contributed by atoms with Crippen LogP contribution in [0.1, 0.15) is 24.4 Å². The van der Waals surface area contributed by atoms with Crippen LogP contribution in [-0.4, -0.2) is 76.3 Å². The molecule has 2 aliphatic heterocycles. The Hall–Kier alpha value is -4.47. The number of piperidine rings is 1. The van der Waals surface area contributed by atoms with Gasteiger partial charge >= 0.3 is 0 Å². The number of carbonyl (C=O) groups excluding carboxylic acids is 2. The SMILES string of the molecule is COc1ccc([C@H]2[C@@H](C(=O)N3CCN(c4ccccn4)CC3)CCC(=O)N2c2cc(OC)c(OC)c(OC)c2)cc1. The van der Waals surface area contributed by atoms with Crippen LogP contribution in [0.2, 0.25) is 0 Å². The molecule has 0 N–H and O–H groups in total. The maximum atomic E-state index is 14.2. The lowest BCUT2D eigenvalue weighted by Crippen LogP contribution is -2.54. The van der Waals surface area contributed by atoms with Crippen molar-refractivity contribution in [2.24, 2.45) is 5.92 Å². The molecule has 5 rings (SSSR count). The van der Waals surface area contributed by atoms with Gasteiger partial charge in [0.05, 0.1) is 46.1 Å². The largest absolute Gasteiger partial charge is 0.497 e. The number of amides is 2.